The van der Waals surface area contributed by atoms with Gasteiger partial charge in [0.15, 0.2) is 0 Å². The molecule has 0 N–H and O–H groups in total. The van der Waals surface area contributed by atoms with Gasteiger partial charge >= 0.3 is 0 Å². The summed E-state index contributed by atoms with van der Waals surface area (Å²) < 4.78 is 2.48. The van der Waals surface area contributed by atoms with Crippen LogP contribution in [0.1, 0.15) is 11.1 Å². The molecular formula is C11H9NS2. The van der Waals surface area contributed by atoms with Crippen molar-refractivity contribution in [2.24, 2.45) is 0 Å². The van der Waals surface area contributed by atoms with Gasteiger partial charge in [-0.2, -0.15) is 5.26 Å². The van der Waals surface area contributed by atoms with E-state index in [1.807, 2.05) is 13.0 Å². The predicted octanol–water partition coefficient (Wildman–Crippen LogP) is 3.80. The van der Waals surface area contributed by atoms with Crippen molar-refractivity contribution >= 4 is 33.2 Å². The van der Waals surface area contributed by atoms with Crippen molar-refractivity contribution in [2.75, 3.05) is 6.26 Å². The van der Waals surface area contributed by atoms with Gasteiger partial charge in [0.05, 0.1) is 15.8 Å². The van der Waals surface area contributed by atoms with Crippen LogP contribution in [0.25, 0.3) is 10.1 Å². The lowest BCUT2D eigenvalue weighted by atomic mass is 10.1. The van der Waals surface area contributed by atoms with Crippen LogP contribution in [0.2, 0.25) is 0 Å². The normalized spacial score (nSPS) is 10.4. The first-order valence-electron chi connectivity index (χ1n) is 4.23. The number of hydrogen-bond donors (Lipinski definition) is 0. The molecule has 0 fully saturated rings. The number of nitriles is 1. The molecule has 0 radical (unpaired) electrons. The molecule has 0 spiro atoms. The van der Waals surface area contributed by atoms with E-state index in [1.165, 1.54) is 8.91 Å². The van der Waals surface area contributed by atoms with E-state index >= 15 is 0 Å². The SMILES string of the molecule is CSc1cc2c(C#N)cc(C)cc2s1. The quantitative estimate of drug-likeness (QED) is 0.681. The Morgan fingerprint density at radius 2 is 2.14 bits per heavy atom. The topological polar surface area (TPSA) is 23.8 Å². The molecule has 1 aromatic heterocycles. The van der Waals surface area contributed by atoms with Crippen molar-refractivity contribution in [1.82, 2.24) is 0 Å². The first-order valence-corrected chi connectivity index (χ1v) is 6.27. The van der Waals surface area contributed by atoms with Crippen LogP contribution < -0.4 is 0 Å². The summed E-state index contributed by atoms with van der Waals surface area (Å²) in [6, 6.07) is 8.43. The van der Waals surface area contributed by atoms with Crippen molar-refractivity contribution in [3.05, 3.63) is 29.3 Å². The smallest absolute Gasteiger partial charge is 0.0998 e. The van der Waals surface area contributed by atoms with Crippen LogP contribution >= 0.6 is 23.1 Å². The summed E-state index contributed by atoms with van der Waals surface area (Å²) in [6.07, 6.45) is 2.06. The van der Waals surface area contributed by atoms with Gasteiger partial charge in [0.1, 0.15) is 0 Å². The van der Waals surface area contributed by atoms with Gasteiger partial charge in [0.25, 0.3) is 0 Å². The number of thioether (sulfide) groups is 1. The molecule has 0 aliphatic rings. The Morgan fingerprint density at radius 3 is 2.79 bits per heavy atom. The van der Waals surface area contributed by atoms with E-state index < -0.39 is 0 Å². The van der Waals surface area contributed by atoms with E-state index in [0.717, 1.165) is 16.5 Å². The molecule has 0 bridgehead atoms. The minimum absolute atomic E-state index is 0.788. The number of fused-ring (bicyclic) bond motifs is 1. The highest BCUT2D eigenvalue weighted by atomic mass is 32.2. The summed E-state index contributed by atoms with van der Waals surface area (Å²) in [6.45, 7) is 2.03. The average Bonchev–Trinajstić information content (AvgIpc) is 2.59. The molecule has 0 unspecified atom stereocenters. The van der Waals surface area contributed by atoms with E-state index in [4.69, 9.17) is 5.26 Å². The van der Waals surface area contributed by atoms with Crippen LogP contribution in [-0.2, 0) is 0 Å². The summed E-state index contributed by atoms with van der Waals surface area (Å²) in [7, 11) is 0. The van der Waals surface area contributed by atoms with Gasteiger partial charge in [-0.05, 0) is 36.9 Å². The van der Waals surface area contributed by atoms with Crippen molar-refractivity contribution in [1.29, 1.82) is 5.26 Å². The van der Waals surface area contributed by atoms with Crippen molar-refractivity contribution in [2.45, 2.75) is 11.1 Å². The summed E-state index contributed by atoms with van der Waals surface area (Å²) >= 11 is 3.48. The minimum Gasteiger partial charge on any atom is -0.192 e. The Bertz CT molecular complexity index is 520. The molecule has 2 rings (SSSR count). The third kappa shape index (κ3) is 1.52. The Balaban J connectivity index is 2.79. The molecule has 0 atom stereocenters. The highest BCUT2D eigenvalue weighted by molar-refractivity contribution is 8.00. The maximum absolute atomic E-state index is 8.99. The lowest BCUT2D eigenvalue weighted by Crippen LogP contribution is -1.77. The zero-order valence-electron chi connectivity index (χ0n) is 8.00. The zero-order chi connectivity index (χ0) is 10.1. The van der Waals surface area contributed by atoms with Crippen molar-refractivity contribution in [3.8, 4) is 6.07 Å². The fourth-order valence-corrected chi connectivity index (χ4v) is 3.20. The van der Waals surface area contributed by atoms with Crippen LogP contribution in [-0.4, -0.2) is 6.26 Å². The Kier molecular flexibility index (Phi) is 2.49. The molecule has 0 aliphatic heterocycles. The van der Waals surface area contributed by atoms with Crippen LogP contribution in [0.5, 0.6) is 0 Å². The van der Waals surface area contributed by atoms with Gasteiger partial charge in [0, 0.05) is 10.1 Å². The van der Waals surface area contributed by atoms with E-state index in [9.17, 15) is 0 Å². The van der Waals surface area contributed by atoms with E-state index in [1.54, 1.807) is 23.1 Å². The number of benzene rings is 1. The number of rotatable bonds is 1. The lowest BCUT2D eigenvalue weighted by molar-refractivity contribution is 1.46. The molecular weight excluding hydrogens is 210 g/mol. The average molecular weight is 219 g/mol. The molecule has 1 heterocycles. The Hall–Kier alpha value is -0.980. The van der Waals surface area contributed by atoms with E-state index in [2.05, 4.69) is 24.5 Å². The molecule has 1 nitrogen and oxygen atoms in total. The number of hydrogen-bond acceptors (Lipinski definition) is 3. The number of aryl methyl sites for hydroxylation is 1. The summed E-state index contributed by atoms with van der Waals surface area (Å²) in [5, 5.41) is 10.1. The third-order valence-corrected chi connectivity index (χ3v) is 4.23. The predicted molar refractivity (Wildman–Crippen MR) is 63.1 cm³/mol. The highest BCUT2D eigenvalue weighted by Crippen LogP contribution is 2.34. The maximum atomic E-state index is 8.99. The first kappa shape index (κ1) is 9.57. The van der Waals surface area contributed by atoms with E-state index in [-0.39, 0.29) is 0 Å². The van der Waals surface area contributed by atoms with Crippen LogP contribution in [0, 0.1) is 18.3 Å². The summed E-state index contributed by atoms with van der Waals surface area (Å²) in [4.78, 5) is 0. The second kappa shape index (κ2) is 3.64. The van der Waals surface area contributed by atoms with Gasteiger partial charge in [-0.15, -0.1) is 23.1 Å². The standard InChI is InChI=1S/C11H9NS2/c1-7-3-8(6-12)9-5-11(13-2)14-10(9)4-7/h3-5H,1-2H3. The monoisotopic (exact) mass is 219 g/mol. The van der Waals surface area contributed by atoms with Gasteiger partial charge in [-0.1, -0.05) is 0 Å². The van der Waals surface area contributed by atoms with Crippen LogP contribution in [0.3, 0.4) is 0 Å². The van der Waals surface area contributed by atoms with E-state index in [0.29, 0.717) is 0 Å². The Labute approximate surface area is 91.4 Å². The Morgan fingerprint density at radius 1 is 1.36 bits per heavy atom. The van der Waals surface area contributed by atoms with Gasteiger partial charge in [-0.25, -0.2) is 0 Å². The van der Waals surface area contributed by atoms with Crippen LogP contribution in [0.4, 0.5) is 0 Å². The fourth-order valence-electron chi connectivity index (χ4n) is 1.45. The molecule has 14 heavy (non-hydrogen) atoms. The second-order valence-electron chi connectivity index (χ2n) is 3.11. The number of nitrogens with zero attached hydrogens (tertiary/aromatic N) is 1. The summed E-state index contributed by atoms with van der Waals surface area (Å²) in [5.74, 6) is 0. The molecule has 0 saturated heterocycles. The molecule has 70 valence electrons. The summed E-state index contributed by atoms with van der Waals surface area (Å²) in [5.41, 5.74) is 1.94. The van der Waals surface area contributed by atoms with Gasteiger partial charge in [0.2, 0.25) is 0 Å². The highest BCUT2D eigenvalue weighted by Gasteiger charge is 2.06. The van der Waals surface area contributed by atoms with Gasteiger partial charge < -0.3 is 0 Å². The number of thiophene rings is 1. The largest absolute Gasteiger partial charge is 0.192 e. The van der Waals surface area contributed by atoms with Crippen molar-refractivity contribution < 1.29 is 0 Å². The lowest BCUT2D eigenvalue weighted by Gasteiger charge is -1.95. The van der Waals surface area contributed by atoms with Gasteiger partial charge in [-0.3, -0.25) is 0 Å². The van der Waals surface area contributed by atoms with Crippen LogP contribution in [0.15, 0.2) is 22.4 Å². The second-order valence-corrected chi connectivity index (χ2v) is 5.30. The molecule has 3 heteroatoms. The fraction of sp³-hybridized carbons (Fsp3) is 0.182. The molecule has 0 saturated carbocycles. The zero-order valence-corrected chi connectivity index (χ0v) is 9.63. The third-order valence-electron chi connectivity index (χ3n) is 2.08. The first-order chi connectivity index (χ1) is 6.74. The minimum atomic E-state index is 0.788. The molecule has 0 amide bonds. The van der Waals surface area contributed by atoms with Crippen molar-refractivity contribution in [3.63, 3.8) is 0 Å². The molecule has 1 aromatic carbocycles. The molecule has 2 aromatic rings. The molecule has 0 aliphatic carbocycles. The maximum Gasteiger partial charge on any atom is 0.0998 e.